The van der Waals surface area contributed by atoms with Crippen molar-refractivity contribution >= 4 is 0 Å². The molecule has 1 aromatic carbocycles. The molecule has 0 radical (unpaired) electrons. The van der Waals surface area contributed by atoms with Crippen LogP contribution in [0.15, 0.2) is 24.5 Å². The van der Waals surface area contributed by atoms with E-state index in [1.165, 1.54) is 5.56 Å². The molecule has 0 saturated heterocycles. The van der Waals surface area contributed by atoms with E-state index in [4.69, 9.17) is 10.5 Å². The first-order chi connectivity index (χ1) is 9.21. The summed E-state index contributed by atoms with van der Waals surface area (Å²) < 4.78 is 7.49. The third-order valence-corrected chi connectivity index (χ3v) is 3.37. The Morgan fingerprint density at radius 1 is 1.37 bits per heavy atom. The van der Waals surface area contributed by atoms with Gasteiger partial charge in [0.2, 0.25) is 0 Å². The van der Waals surface area contributed by atoms with Crippen molar-refractivity contribution < 1.29 is 4.74 Å². The Bertz CT molecular complexity index is 561. The summed E-state index contributed by atoms with van der Waals surface area (Å²) >= 11 is 0. The van der Waals surface area contributed by atoms with Crippen LogP contribution in [-0.4, -0.2) is 23.2 Å². The van der Waals surface area contributed by atoms with Crippen LogP contribution in [0.4, 0.5) is 0 Å². The van der Waals surface area contributed by atoms with Gasteiger partial charge in [0.05, 0.1) is 19.1 Å². The molecule has 0 unspecified atom stereocenters. The minimum atomic E-state index is 0.613. The van der Waals surface area contributed by atoms with Gasteiger partial charge in [0.15, 0.2) is 0 Å². The summed E-state index contributed by atoms with van der Waals surface area (Å²) in [6, 6.07) is 6.25. The number of benzene rings is 1. The quantitative estimate of drug-likeness (QED) is 0.895. The number of rotatable bonds is 5. The molecule has 0 fully saturated rings. The van der Waals surface area contributed by atoms with E-state index in [2.05, 4.69) is 24.0 Å². The van der Waals surface area contributed by atoms with Crippen LogP contribution < -0.4 is 10.5 Å². The second-order valence-corrected chi connectivity index (χ2v) is 4.58. The fraction of sp³-hybridized carbons (Fsp3) is 0.400. The highest BCUT2D eigenvalue weighted by atomic mass is 16.5. The minimum absolute atomic E-state index is 0.613. The van der Waals surface area contributed by atoms with Crippen molar-refractivity contribution in [2.45, 2.75) is 19.8 Å². The van der Waals surface area contributed by atoms with E-state index >= 15 is 0 Å². The second-order valence-electron chi connectivity index (χ2n) is 4.58. The molecule has 0 aliphatic rings. The van der Waals surface area contributed by atoms with Crippen molar-refractivity contribution in [2.75, 3.05) is 13.7 Å². The highest BCUT2D eigenvalue weighted by molar-refractivity contribution is 5.70. The van der Waals surface area contributed by atoms with Crippen LogP contribution in [0, 0.1) is 0 Å². The summed E-state index contributed by atoms with van der Waals surface area (Å²) in [5.41, 5.74) is 10.1. The van der Waals surface area contributed by atoms with Gasteiger partial charge in [-0.05, 0) is 30.7 Å². The number of hydrogen-bond donors (Lipinski definition) is 1. The molecule has 0 bridgehead atoms. The van der Waals surface area contributed by atoms with E-state index in [1.54, 1.807) is 7.11 Å². The van der Waals surface area contributed by atoms with Gasteiger partial charge >= 0.3 is 0 Å². The van der Waals surface area contributed by atoms with Crippen molar-refractivity contribution in [3.63, 3.8) is 0 Å². The summed E-state index contributed by atoms with van der Waals surface area (Å²) in [4.78, 5) is 4.52. The lowest BCUT2D eigenvalue weighted by Gasteiger charge is -2.11. The van der Waals surface area contributed by atoms with Crippen LogP contribution in [0.5, 0.6) is 5.75 Å². The molecule has 2 rings (SSSR count). The smallest absolute Gasteiger partial charge is 0.128 e. The molecule has 0 atom stereocenters. The van der Waals surface area contributed by atoms with Gasteiger partial charge in [0.1, 0.15) is 5.75 Å². The lowest BCUT2D eigenvalue weighted by molar-refractivity contribution is 0.416. The summed E-state index contributed by atoms with van der Waals surface area (Å²) in [6.45, 7) is 2.76. The lowest BCUT2D eigenvalue weighted by atomic mass is 10.0. The van der Waals surface area contributed by atoms with Crippen LogP contribution in [0.2, 0.25) is 0 Å². The second kappa shape index (κ2) is 5.89. The maximum Gasteiger partial charge on any atom is 0.128 e. The number of aryl methyl sites for hydroxylation is 2. The Morgan fingerprint density at radius 3 is 2.79 bits per heavy atom. The number of imidazole rings is 1. The van der Waals surface area contributed by atoms with E-state index in [-0.39, 0.29) is 0 Å². The van der Waals surface area contributed by atoms with E-state index in [0.717, 1.165) is 35.5 Å². The average Bonchev–Trinajstić information content (AvgIpc) is 2.80. The summed E-state index contributed by atoms with van der Waals surface area (Å²) in [6.07, 6.45) is 3.64. The molecule has 1 heterocycles. The maximum atomic E-state index is 5.69. The van der Waals surface area contributed by atoms with Gasteiger partial charge in [-0.3, -0.25) is 0 Å². The van der Waals surface area contributed by atoms with Crippen molar-refractivity contribution in [3.05, 3.63) is 35.8 Å². The molecule has 0 spiro atoms. The number of ether oxygens (including phenoxy) is 1. The number of aromatic nitrogens is 2. The normalized spacial score (nSPS) is 10.7. The molecule has 4 heteroatoms. The Balaban J connectivity index is 2.56. The van der Waals surface area contributed by atoms with E-state index in [0.29, 0.717) is 6.54 Å². The van der Waals surface area contributed by atoms with Crippen molar-refractivity contribution in [2.24, 2.45) is 12.8 Å². The first-order valence-electron chi connectivity index (χ1n) is 6.58. The van der Waals surface area contributed by atoms with Gasteiger partial charge in [-0.2, -0.15) is 0 Å². The summed E-state index contributed by atoms with van der Waals surface area (Å²) in [7, 11) is 3.69. The fourth-order valence-corrected chi connectivity index (χ4v) is 2.27. The number of nitrogens with zero attached hydrogens (tertiary/aromatic N) is 2. The monoisotopic (exact) mass is 259 g/mol. The number of nitrogens with two attached hydrogens (primary N) is 1. The molecular formula is C15H21N3O. The predicted octanol–water partition coefficient (Wildman–Crippen LogP) is 2.16. The van der Waals surface area contributed by atoms with E-state index < -0.39 is 0 Å². The number of methoxy groups -OCH3 is 1. The first kappa shape index (κ1) is 13.6. The zero-order chi connectivity index (χ0) is 13.8. The molecule has 2 N–H and O–H groups in total. The zero-order valence-electron chi connectivity index (χ0n) is 11.8. The van der Waals surface area contributed by atoms with Crippen molar-refractivity contribution in [1.82, 2.24) is 9.55 Å². The third-order valence-electron chi connectivity index (χ3n) is 3.37. The highest BCUT2D eigenvalue weighted by Gasteiger charge is 2.15. The Morgan fingerprint density at radius 2 is 2.16 bits per heavy atom. The molecule has 0 amide bonds. The topological polar surface area (TPSA) is 53.1 Å². The molecule has 1 aromatic heterocycles. The third kappa shape index (κ3) is 2.63. The fourth-order valence-electron chi connectivity index (χ4n) is 2.27. The Labute approximate surface area is 114 Å². The molecule has 0 saturated carbocycles. The van der Waals surface area contributed by atoms with Crippen LogP contribution in [0.3, 0.4) is 0 Å². The standard InChI is InChI=1S/C15H21N3O/c1-4-11-5-6-14(19-3)12(9-11)15-13(7-8-16)18(2)10-17-15/h5-6,9-10H,4,7-8,16H2,1-3H3. The Hall–Kier alpha value is -1.81. The van der Waals surface area contributed by atoms with Crippen LogP contribution in [0.1, 0.15) is 18.2 Å². The largest absolute Gasteiger partial charge is 0.496 e. The average molecular weight is 259 g/mol. The molecule has 19 heavy (non-hydrogen) atoms. The maximum absolute atomic E-state index is 5.69. The van der Waals surface area contributed by atoms with Gasteiger partial charge in [-0.15, -0.1) is 0 Å². The van der Waals surface area contributed by atoms with Crippen molar-refractivity contribution in [1.29, 1.82) is 0 Å². The van der Waals surface area contributed by atoms with E-state index in [9.17, 15) is 0 Å². The van der Waals surface area contributed by atoms with Gasteiger partial charge in [0, 0.05) is 24.7 Å². The van der Waals surface area contributed by atoms with Gasteiger partial charge in [0.25, 0.3) is 0 Å². The summed E-state index contributed by atoms with van der Waals surface area (Å²) in [5, 5.41) is 0. The Kier molecular flexibility index (Phi) is 4.22. The highest BCUT2D eigenvalue weighted by Crippen LogP contribution is 2.32. The van der Waals surface area contributed by atoms with Crippen LogP contribution >= 0.6 is 0 Å². The molecule has 0 aliphatic heterocycles. The zero-order valence-corrected chi connectivity index (χ0v) is 11.8. The van der Waals surface area contributed by atoms with Crippen LogP contribution in [0.25, 0.3) is 11.3 Å². The van der Waals surface area contributed by atoms with Gasteiger partial charge in [-0.25, -0.2) is 4.98 Å². The molecule has 4 nitrogen and oxygen atoms in total. The van der Waals surface area contributed by atoms with Gasteiger partial charge in [-0.1, -0.05) is 13.0 Å². The molecule has 0 aliphatic carbocycles. The van der Waals surface area contributed by atoms with E-state index in [1.807, 2.05) is 24.0 Å². The number of hydrogen-bond acceptors (Lipinski definition) is 3. The SMILES string of the molecule is CCc1ccc(OC)c(-c2ncn(C)c2CCN)c1. The minimum Gasteiger partial charge on any atom is -0.496 e. The molecular weight excluding hydrogens is 238 g/mol. The lowest BCUT2D eigenvalue weighted by Crippen LogP contribution is -2.07. The van der Waals surface area contributed by atoms with Gasteiger partial charge < -0.3 is 15.0 Å². The van der Waals surface area contributed by atoms with Crippen molar-refractivity contribution in [3.8, 4) is 17.0 Å². The predicted molar refractivity (Wildman–Crippen MR) is 77.3 cm³/mol. The molecule has 102 valence electrons. The summed E-state index contributed by atoms with van der Waals surface area (Å²) in [5.74, 6) is 0.856. The first-order valence-corrected chi connectivity index (χ1v) is 6.58. The molecule has 2 aromatic rings. The van der Waals surface area contributed by atoms with Crippen LogP contribution in [-0.2, 0) is 19.9 Å².